The van der Waals surface area contributed by atoms with Gasteiger partial charge in [-0.05, 0) is 66.2 Å². The van der Waals surface area contributed by atoms with Crippen LogP contribution in [0.15, 0.2) is 102 Å². The number of hydrogen-bond donors (Lipinski definition) is 0. The molecule has 38 heavy (non-hydrogen) atoms. The normalized spacial score (nSPS) is 14.3. The van der Waals surface area contributed by atoms with E-state index in [2.05, 4.69) is 11.8 Å². The molecule has 5 nitrogen and oxygen atoms in total. The molecule has 1 amide bonds. The molecule has 0 fully saturated rings. The molecule has 0 saturated heterocycles. The van der Waals surface area contributed by atoms with Crippen LogP contribution < -0.4 is 9.47 Å². The minimum atomic E-state index is -0.470. The van der Waals surface area contributed by atoms with Gasteiger partial charge in [0, 0.05) is 28.2 Å². The number of carbonyl (C=O) groups is 1. The fraction of sp³-hybridized carbons (Fsp3) is 0.125. The third kappa shape index (κ3) is 5.28. The number of methoxy groups -OCH3 is 2. The van der Waals surface area contributed by atoms with E-state index < -0.39 is 5.82 Å². The van der Waals surface area contributed by atoms with E-state index in [-0.39, 0.29) is 17.4 Å². The molecule has 0 aromatic heterocycles. The predicted octanol–water partition coefficient (Wildman–Crippen LogP) is 5.89. The summed E-state index contributed by atoms with van der Waals surface area (Å²) in [4.78, 5) is 13.2. The van der Waals surface area contributed by atoms with Crippen LogP contribution in [-0.4, -0.2) is 37.4 Å². The summed E-state index contributed by atoms with van der Waals surface area (Å²) in [6.45, 7) is 0.314. The summed E-state index contributed by atoms with van der Waals surface area (Å²) in [6.07, 6.45) is 0. The van der Waals surface area contributed by atoms with Gasteiger partial charge in [0.15, 0.2) is 11.5 Å². The Balaban J connectivity index is 1.49. The lowest BCUT2D eigenvalue weighted by Gasteiger charge is -2.16. The van der Waals surface area contributed by atoms with Gasteiger partial charge >= 0.3 is 0 Å². The number of ether oxygens (including phenoxy) is 2. The van der Waals surface area contributed by atoms with Crippen molar-refractivity contribution < 1.29 is 18.7 Å². The van der Waals surface area contributed by atoms with Gasteiger partial charge in [-0.1, -0.05) is 48.2 Å². The number of nitrogens with zero attached hydrogens (tertiary/aromatic N) is 2. The monoisotopic (exact) mass is 504 g/mol. The number of halogens is 1. The number of hydrogen-bond acceptors (Lipinski definition) is 4. The van der Waals surface area contributed by atoms with Crippen molar-refractivity contribution in [2.75, 3.05) is 20.8 Å². The molecule has 5 rings (SSSR count). The molecule has 188 valence electrons. The van der Waals surface area contributed by atoms with E-state index in [4.69, 9.17) is 14.6 Å². The molecule has 0 saturated carbocycles. The van der Waals surface area contributed by atoms with Crippen LogP contribution in [0.2, 0.25) is 0 Å². The van der Waals surface area contributed by atoms with Crippen molar-refractivity contribution in [3.63, 3.8) is 0 Å². The number of rotatable bonds is 5. The lowest BCUT2D eigenvalue weighted by Crippen LogP contribution is -2.25. The third-order valence-corrected chi connectivity index (χ3v) is 6.34. The maximum absolute atomic E-state index is 13.8. The number of carbonyl (C=O) groups excluding carboxylic acids is 1. The van der Waals surface area contributed by atoms with Gasteiger partial charge in [-0.3, -0.25) is 4.79 Å². The molecule has 1 heterocycles. The van der Waals surface area contributed by atoms with Crippen LogP contribution in [0.5, 0.6) is 11.5 Å². The molecule has 1 aliphatic rings. The van der Waals surface area contributed by atoms with Crippen molar-refractivity contribution in [2.24, 2.45) is 5.10 Å². The molecule has 0 N–H and O–H groups in total. The SMILES string of the molecule is COc1ccc(C2=NN(C(=O)c3cccc(F)c3)CC2c2ccc(C#Cc3ccccc3)cc2)cc1OC. The first kappa shape index (κ1) is 24.8. The molecule has 1 unspecified atom stereocenters. The second-order valence-electron chi connectivity index (χ2n) is 8.74. The molecule has 1 aliphatic heterocycles. The summed E-state index contributed by atoms with van der Waals surface area (Å²) in [7, 11) is 3.15. The van der Waals surface area contributed by atoms with E-state index in [1.165, 1.54) is 23.2 Å². The molecular weight excluding hydrogens is 479 g/mol. The zero-order chi connectivity index (χ0) is 26.5. The van der Waals surface area contributed by atoms with E-state index in [1.54, 1.807) is 20.3 Å². The lowest BCUT2D eigenvalue weighted by atomic mass is 9.90. The number of hydrazone groups is 1. The lowest BCUT2D eigenvalue weighted by molar-refractivity contribution is 0.0774. The Morgan fingerprint density at radius 2 is 1.55 bits per heavy atom. The van der Waals surface area contributed by atoms with Crippen molar-refractivity contribution in [3.05, 3.63) is 131 Å². The number of amides is 1. The van der Waals surface area contributed by atoms with E-state index in [1.807, 2.05) is 72.8 Å². The molecule has 6 heteroatoms. The molecule has 0 spiro atoms. The molecule has 4 aromatic carbocycles. The van der Waals surface area contributed by atoms with Crippen LogP contribution in [0.1, 0.15) is 38.5 Å². The smallest absolute Gasteiger partial charge is 0.274 e. The molecule has 0 bridgehead atoms. The van der Waals surface area contributed by atoms with E-state index in [9.17, 15) is 9.18 Å². The zero-order valence-corrected chi connectivity index (χ0v) is 21.0. The first-order valence-corrected chi connectivity index (χ1v) is 12.1. The minimum Gasteiger partial charge on any atom is -0.493 e. The quantitative estimate of drug-likeness (QED) is 0.319. The van der Waals surface area contributed by atoms with Crippen molar-refractivity contribution in [1.82, 2.24) is 5.01 Å². The first-order chi connectivity index (χ1) is 18.6. The minimum absolute atomic E-state index is 0.207. The van der Waals surface area contributed by atoms with Gasteiger partial charge < -0.3 is 9.47 Å². The summed E-state index contributed by atoms with van der Waals surface area (Å²) >= 11 is 0. The summed E-state index contributed by atoms with van der Waals surface area (Å²) in [5, 5.41) is 6.10. The summed E-state index contributed by atoms with van der Waals surface area (Å²) in [5.41, 5.74) is 4.56. The third-order valence-electron chi connectivity index (χ3n) is 6.34. The highest BCUT2D eigenvalue weighted by atomic mass is 19.1. The maximum Gasteiger partial charge on any atom is 0.274 e. The van der Waals surface area contributed by atoms with Gasteiger partial charge in [0.1, 0.15) is 5.82 Å². The van der Waals surface area contributed by atoms with Gasteiger partial charge in [0.05, 0.1) is 26.5 Å². The summed E-state index contributed by atoms with van der Waals surface area (Å²) in [5.74, 6) is 6.48. The Bertz CT molecular complexity index is 1550. The maximum atomic E-state index is 13.8. The molecular formula is C32H25FN2O3. The summed E-state index contributed by atoms with van der Waals surface area (Å²) in [6, 6.07) is 28.9. The van der Waals surface area contributed by atoms with Gasteiger partial charge in [-0.25, -0.2) is 9.40 Å². The predicted molar refractivity (Wildman–Crippen MR) is 145 cm³/mol. The second-order valence-corrected chi connectivity index (χ2v) is 8.74. The Morgan fingerprint density at radius 3 is 2.24 bits per heavy atom. The standard InChI is InChI=1S/C32H25FN2O3/c1-37-29-18-17-25(20-30(29)38-2)31-28(21-35(34-31)32(36)26-9-6-10-27(33)19-26)24-15-13-23(14-16-24)12-11-22-7-4-3-5-8-22/h3-10,13-20,28H,21H2,1-2H3. The Morgan fingerprint density at radius 1 is 0.842 bits per heavy atom. The molecule has 0 aliphatic carbocycles. The molecule has 4 aromatic rings. The molecule has 1 atom stereocenters. The van der Waals surface area contributed by atoms with Crippen LogP contribution >= 0.6 is 0 Å². The van der Waals surface area contributed by atoms with Crippen molar-refractivity contribution in [2.45, 2.75) is 5.92 Å². The van der Waals surface area contributed by atoms with E-state index in [0.29, 0.717) is 23.8 Å². The Kier molecular flexibility index (Phi) is 7.19. The van der Waals surface area contributed by atoms with E-state index in [0.717, 1.165) is 22.3 Å². The second kappa shape index (κ2) is 11.0. The Hall–Kier alpha value is -4.89. The van der Waals surface area contributed by atoms with Crippen LogP contribution in [-0.2, 0) is 0 Å². The van der Waals surface area contributed by atoms with Gasteiger partial charge in [0.2, 0.25) is 0 Å². The van der Waals surface area contributed by atoms with E-state index >= 15 is 0 Å². The zero-order valence-electron chi connectivity index (χ0n) is 21.0. The Labute approximate surface area is 221 Å². The van der Waals surface area contributed by atoms with Crippen LogP contribution in [0.4, 0.5) is 4.39 Å². The van der Waals surface area contributed by atoms with Crippen molar-refractivity contribution in [3.8, 4) is 23.3 Å². The van der Waals surface area contributed by atoms with Crippen LogP contribution in [0.25, 0.3) is 0 Å². The average Bonchev–Trinajstić information content (AvgIpc) is 3.41. The highest BCUT2D eigenvalue weighted by Gasteiger charge is 2.33. The van der Waals surface area contributed by atoms with Crippen LogP contribution in [0.3, 0.4) is 0 Å². The number of benzene rings is 4. The highest BCUT2D eigenvalue weighted by Crippen LogP contribution is 2.34. The largest absolute Gasteiger partial charge is 0.493 e. The van der Waals surface area contributed by atoms with Crippen LogP contribution in [0, 0.1) is 17.7 Å². The fourth-order valence-corrected chi connectivity index (χ4v) is 4.38. The van der Waals surface area contributed by atoms with Gasteiger partial charge in [-0.15, -0.1) is 0 Å². The fourth-order valence-electron chi connectivity index (χ4n) is 4.38. The molecule has 0 radical (unpaired) electrons. The first-order valence-electron chi connectivity index (χ1n) is 12.1. The average molecular weight is 505 g/mol. The topological polar surface area (TPSA) is 51.1 Å². The summed E-state index contributed by atoms with van der Waals surface area (Å²) < 4.78 is 24.7. The van der Waals surface area contributed by atoms with Crippen molar-refractivity contribution in [1.29, 1.82) is 0 Å². The van der Waals surface area contributed by atoms with Crippen molar-refractivity contribution >= 4 is 11.6 Å². The van der Waals surface area contributed by atoms with Gasteiger partial charge in [0.25, 0.3) is 5.91 Å². The highest BCUT2D eigenvalue weighted by molar-refractivity contribution is 6.08. The van der Waals surface area contributed by atoms with Gasteiger partial charge in [-0.2, -0.15) is 5.10 Å².